The molecule has 0 aliphatic heterocycles. The number of hydrogen-bond acceptors (Lipinski definition) is 4. The molecule has 6 nitrogen and oxygen atoms in total. The molecule has 0 fully saturated rings. The van der Waals surface area contributed by atoms with Gasteiger partial charge in [0.25, 0.3) is 5.69 Å². The lowest BCUT2D eigenvalue weighted by Crippen LogP contribution is -2.06. The number of halogens is 5. The van der Waals surface area contributed by atoms with Gasteiger partial charge < -0.3 is 4.57 Å². The maximum absolute atomic E-state index is 12.8. The van der Waals surface area contributed by atoms with Crippen molar-refractivity contribution in [2.45, 2.75) is 20.0 Å². The summed E-state index contributed by atoms with van der Waals surface area (Å²) in [7, 11) is 0. The Kier molecular flexibility index (Phi) is 6.28. The molecule has 2 aromatic carbocycles. The Morgan fingerprint density at radius 1 is 1.13 bits per heavy atom. The maximum atomic E-state index is 12.8. The molecule has 0 spiro atoms. The first-order chi connectivity index (χ1) is 14.5. The van der Waals surface area contributed by atoms with E-state index in [4.69, 9.17) is 23.2 Å². The van der Waals surface area contributed by atoms with Gasteiger partial charge in [0.2, 0.25) is 0 Å². The summed E-state index contributed by atoms with van der Waals surface area (Å²) in [6, 6.07) is 9.11. The monoisotopic (exact) mass is 470 g/mol. The van der Waals surface area contributed by atoms with E-state index in [0.29, 0.717) is 27.4 Å². The number of nitro benzene ring substituents is 1. The van der Waals surface area contributed by atoms with Crippen LogP contribution in [0.2, 0.25) is 10.0 Å². The lowest BCUT2D eigenvalue weighted by atomic mass is 10.1. The number of nitrogens with one attached hydrogen (secondary N) is 1. The van der Waals surface area contributed by atoms with Crippen LogP contribution in [0.25, 0.3) is 5.69 Å². The summed E-state index contributed by atoms with van der Waals surface area (Å²) in [5.74, 6) is 0. The lowest BCUT2D eigenvalue weighted by molar-refractivity contribution is -0.384. The minimum Gasteiger partial charge on any atom is -0.316 e. The van der Waals surface area contributed by atoms with Crippen LogP contribution in [0.1, 0.15) is 22.5 Å². The Bertz CT molecular complexity index is 1190. The van der Waals surface area contributed by atoms with Crippen LogP contribution in [-0.2, 0) is 6.18 Å². The molecule has 1 aromatic heterocycles. The fourth-order valence-electron chi connectivity index (χ4n) is 3.08. The Morgan fingerprint density at radius 2 is 1.84 bits per heavy atom. The van der Waals surface area contributed by atoms with Crippen LogP contribution in [0.15, 0.2) is 47.6 Å². The molecule has 1 N–H and O–H groups in total. The van der Waals surface area contributed by atoms with Crippen LogP contribution in [0.3, 0.4) is 0 Å². The largest absolute Gasteiger partial charge is 0.416 e. The molecule has 0 unspecified atom stereocenters. The van der Waals surface area contributed by atoms with E-state index in [0.717, 1.165) is 23.5 Å². The van der Waals surface area contributed by atoms with Gasteiger partial charge in [0.05, 0.1) is 27.4 Å². The van der Waals surface area contributed by atoms with Crippen molar-refractivity contribution in [3.05, 3.63) is 85.1 Å². The second-order valence-corrected chi connectivity index (χ2v) is 7.46. The van der Waals surface area contributed by atoms with Crippen molar-refractivity contribution < 1.29 is 18.1 Å². The lowest BCUT2D eigenvalue weighted by Gasteiger charge is -2.11. The summed E-state index contributed by atoms with van der Waals surface area (Å²) in [4.78, 5) is 10.3. The van der Waals surface area contributed by atoms with Crippen molar-refractivity contribution in [1.29, 1.82) is 0 Å². The van der Waals surface area contributed by atoms with E-state index in [-0.39, 0.29) is 5.69 Å². The number of nitrogens with zero attached hydrogens (tertiary/aromatic N) is 3. The number of hydrogen-bond donors (Lipinski definition) is 1. The first-order valence-electron chi connectivity index (χ1n) is 8.78. The van der Waals surface area contributed by atoms with E-state index in [2.05, 4.69) is 10.5 Å². The van der Waals surface area contributed by atoms with E-state index < -0.39 is 22.4 Å². The predicted octanol–water partition coefficient (Wildman–Crippen LogP) is 6.77. The van der Waals surface area contributed by atoms with Gasteiger partial charge in [-0.1, -0.05) is 23.2 Å². The van der Waals surface area contributed by atoms with Crippen LogP contribution in [0.4, 0.5) is 24.5 Å². The van der Waals surface area contributed by atoms with E-state index in [1.165, 1.54) is 6.21 Å². The van der Waals surface area contributed by atoms with Crippen molar-refractivity contribution in [1.82, 2.24) is 4.57 Å². The summed E-state index contributed by atoms with van der Waals surface area (Å²) in [5.41, 5.74) is 3.47. The molecule has 1 heterocycles. The number of aryl methyl sites for hydroxylation is 1. The van der Waals surface area contributed by atoms with Gasteiger partial charge in [0.1, 0.15) is 5.69 Å². The van der Waals surface area contributed by atoms with Crippen LogP contribution in [0.5, 0.6) is 0 Å². The number of nitro groups is 1. The van der Waals surface area contributed by atoms with E-state index in [1.807, 2.05) is 24.5 Å². The zero-order valence-electron chi connectivity index (χ0n) is 16.2. The van der Waals surface area contributed by atoms with Crippen molar-refractivity contribution in [2.75, 3.05) is 5.43 Å². The van der Waals surface area contributed by atoms with E-state index in [1.54, 1.807) is 18.2 Å². The van der Waals surface area contributed by atoms with Crippen molar-refractivity contribution >= 4 is 40.8 Å². The second-order valence-electron chi connectivity index (χ2n) is 6.61. The normalized spacial score (nSPS) is 11.8. The summed E-state index contributed by atoms with van der Waals surface area (Å²) < 4.78 is 40.3. The first kappa shape index (κ1) is 22.6. The fourth-order valence-corrected chi connectivity index (χ4v) is 3.57. The number of rotatable bonds is 5. The van der Waals surface area contributed by atoms with E-state index in [9.17, 15) is 23.3 Å². The number of hydrazone groups is 1. The van der Waals surface area contributed by atoms with Crippen molar-refractivity contribution in [3.63, 3.8) is 0 Å². The average Bonchev–Trinajstić information content (AvgIpc) is 2.95. The number of anilines is 1. The Morgan fingerprint density at radius 3 is 2.45 bits per heavy atom. The summed E-state index contributed by atoms with van der Waals surface area (Å²) in [6.45, 7) is 3.70. The third-order valence-electron chi connectivity index (χ3n) is 4.53. The Balaban J connectivity index is 1.90. The molecule has 0 aliphatic carbocycles. The molecule has 0 radical (unpaired) electrons. The zero-order chi connectivity index (χ0) is 22.9. The average molecular weight is 471 g/mol. The molecular formula is C20H15Cl2F3N4O2. The summed E-state index contributed by atoms with van der Waals surface area (Å²) in [5, 5.41) is 16.1. The molecular weight excluding hydrogens is 456 g/mol. The molecule has 31 heavy (non-hydrogen) atoms. The third-order valence-corrected chi connectivity index (χ3v) is 5.07. The minimum atomic E-state index is -4.69. The van der Waals surface area contributed by atoms with Gasteiger partial charge in [-0.25, -0.2) is 0 Å². The van der Waals surface area contributed by atoms with E-state index >= 15 is 0 Å². The first-order valence-corrected chi connectivity index (χ1v) is 9.53. The zero-order valence-corrected chi connectivity index (χ0v) is 17.7. The van der Waals surface area contributed by atoms with Gasteiger partial charge in [-0.2, -0.15) is 18.3 Å². The molecule has 0 saturated carbocycles. The molecule has 0 amide bonds. The molecule has 11 heteroatoms. The van der Waals surface area contributed by atoms with Crippen LogP contribution in [0, 0.1) is 24.0 Å². The Hall–Kier alpha value is -3.04. The highest BCUT2D eigenvalue weighted by Crippen LogP contribution is 2.35. The van der Waals surface area contributed by atoms with Crippen molar-refractivity contribution in [2.24, 2.45) is 5.10 Å². The summed E-state index contributed by atoms with van der Waals surface area (Å²) >= 11 is 12.3. The molecule has 0 bridgehead atoms. The van der Waals surface area contributed by atoms with Crippen molar-refractivity contribution in [3.8, 4) is 5.69 Å². The molecule has 3 aromatic rings. The topological polar surface area (TPSA) is 72.5 Å². The quantitative estimate of drug-likeness (QED) is 0.254. The molecule has 0 aliphatic rings. The van der Waals surface area contributed by atoms with Crippen LogP contribution < -0.4 is 5.43 Å². The molecule has 3 rings (SSSR count). The minimum absolute atomic E-state index is 0.163. The smallest absolute Gasteiger partial charge is 0.316 e. The van der Waals surface area contributed by atoms with Crippen LogP contribution in [-0.4, -0.2) is 15.7 Å². The maximum Gasteiger partial charge on any atom is 0.416 e. The highest BCUT2D eigenvalue weighted by atomic mass is 35.5. The number of benzene rings is 2. The SMILES string of the molecule is Cc1cc(/C=N\Nc2ccc(C(F)(F)F)cc2[N+](=O)[O-])c(C)n1-c1ccc(Cl)cc1Cl. The predicted molar refractivity (Wildman–Crippen MR) is 115 cm³/mol. The standard InChI is InChI=1S/C20H15Cl2F3N4O2/c1-11-7-13(12(2)28(11)18-6-4-15(21)9-16(18)22)10-26-27-17-5-3-14(20(23,24)25)8-19(17)29(30)31/h3-10,27H,1-2H3/b26-10-. The second kappa shape index (κ2) is 8.60. The highest BCUT2D eigenvalue weighted by Gasteiger charge is 2.33. The van der Waals surface area contributed by atoms with Gasteiger partial charge >= 0.3 is 6.18 Å². The van der Waals surface area contributed by atoms with Gasteiger partial charge in [-0.05, 0) is 50.2 Å². The fraction of sp³-hybridized carbons (Fsp3) is 0.150. The Labute approximate surface area is 185 Å². The van der Waals surface area contributed by atoms with Crippen LogP contribution >= 0.6 is 23.2 Å². The van der Waals surface area contributed by atoms with Gasteiger partial charge in [0.15, 0.2) is 0 Å². The molecule has 162 valence electrons. The van der Waals surface area contributed by atoms with Gasteiger partial charge in [0, 0.05) is 28.0 Å². The van der Waals surface area contributed by atoms with Gasteiger partial charge in [-0.3, -0.25) is 15.5 Å². The summed E-state index contributed by atoms with van der Waals surface area (Å²) in [6.07, 6.45) is -3.27. The molecule has 0 atom stereocenters. The number of aromatic nitrogens is 1. The number of alkyl halides is 3. The molecule has 0 saturated heterocycles. The third kappa shape index (κ3) is 4.83. The van der Waals surface area contributed by atoms with Gasteiger partial charge in [-0.15, -0.1) is 0 Å². The highest BCUT2D eigenvalue weighted by molar-refractivity contribution is 6.35.